The van der Waals surface area contributed by atoms with Crippen LogP contribution in [0.2, 0.25) is 0 Å². The van der Waals surface area contributed by atoms with Crippen molar-refractivity contribution in [2.24, 2.45) is 0 Å². The average Bonchev–Trinajstić information content (AvgIpc) is 3.33. The van der Waals surface area contributed by atoms with Gasteiger partial charge in [0.25, 0.3) is 5.91 Å². The Morgan fingerprint density at radius 3 is 2.70 bits per heavy atom. The number of nitrogens with zero attached hydrogens (tertiary/aromatic N) is 4. The number of para-hydroxylation sites is 2. The highest BCUT2D eigenvalue weighted by Gasteiger charge is 2.32. The van der Waals surface area contributed by atoms with Crippen molar-refractivity contribution in [2.45, 2.75) is 19.1 Å². The molecule has 4 aromatic rings. The van der Waals surface area contributed by atoms with E-state index in [1.165, 1.54) is 11.0 Å². The van der Waals surface area contributed by atoms with Gasteiger partial charge in [-0.2, -0.15) is 27.9 Å². The van der Waals surface area contributed by atoms with Crippen molar-refractivity contribution < 1.29 is 26.8 Å². The molecule has 2 heterocycles. The van der Waals surface area contributed by atoms with Crippen molar-refractivity contribution in [3.63, 3.8) is 0 Å². The zero-order valence-corrected chi connectivity index (χ0v) is 15.3. The molecule has 1 amide bonds. The number of carbonyl (C=O) groups excluding carboxylic acids is 1. The van der Waals surface area contributed by atoms with E-state index in [4.69, 9.17) is 4.42 Å². The van der Waals surface area contributed by atoms with Crippen LogP contribution in [0.25, 0.3) is 17.1 Å². The van der Waals surface area contributed by atoms with E-state index in [-0.39, 0.29) is 11.8 Å². The van der Waals surface area contributed by atoms with Crippen LogP contribution in [0.15, 0.2) is 53.2 Å². The predicted octanol–water partition coefficient (Wildman–Crippen LogP) is 4.06. The van der Waals surface area contributed by atoms with Crippen molar-refractivity contribution in [1.82, 2.24) is 25.1 Å². The molecule has 7 nitrogen and oxygen atoms in total. The molecule has 4 rings (SSSR count). The monoisotopic (exact) mass is 419 g/mol. The standard InChI is InChI=1S/C19H13F4N5O2/c1-10(26-17(29)11-6-12(19(21,22)23)8-13(20)7-11)16-24-9-25-28(16)18-27-14-4-2-3-5-15(14)30-18/h2-10H,1H3,(H,26,29)/t10-/m0/s1. The maximum atomic E-state index is 13.6. The van der Waals surface area contributed by atoms with E-state index in [9.17, 15) is 22.4 Å². The van der Waals surface area contributed by atoms with Crippen molar-refractivity contribution in [2.75, 3.05) is 0 Å². The molecule has 0 bridgehead atoms. The van der Waals surface area contributed by atoms with Crippen molar-refractivity contribution in [1.29, 1.82) is 0 Å². The summed E-state index contributed by atoms with van der Waals surface area (Å²) in [6.07, 6.45) is -3.56. The molecule has 154 valence electrons. The van der Waals surface area contributed by atoms with Crippen molar-refractivity contribution in [3.05, 3.63) is 71.6 Å². The van der Waals surface area contributed by atoms with E-state index in [1.54, 1.807) is 31.2 Å². The van der Waals surface area contributed by atoms with Gasteiger partial charge in [0.2, 0.25) is 0 Å². The van der Waals surface area contributed by atoms with E-state index in [1.807, 2.05) is 0 Å². The molecule has 0 fully saturated rings. The Bertz CT molecular complexity index is 1200. The first-order valence-electron chi connectivity index (χ1n) is 8.67. The zero-order chi connectivity index (χ0) is 21.5. The first kappa shape index (κ1) is 19.6. The Morgan fingerprint density at radius 1 is 1.20 bits per heavy atom. The van der Waals surface area contributed by atoms with Crippen LogP contribution in [-0.2, 0) is 6.18 Å². The Labute approximate surface area is 166 Å². The van der Waals surface area contributed by atoms with Crippen LogP contribution >= 0.6 is 0 Å². The van der Waals surface area contributed by atoms with Gasteiger partial charge in [-0.05, 0) is 37.3 Å². The number of halogens is 4. The number of aromatic nitrogens is 4. The second-order valence-corrected chi connectivity index (χ2v) is 6.42. The molecular weight excluding hydrogens is 406 g/mol. The lowest BCUT2D eigenvalue weighted by Crippen LogP contribution is -2.29. The summed E-state index contributed by atoms with van der Waals surface area (Å²) in [5.74, 6) is -1.85. The number of carbonyl (C=O) groups is 1. The number of oxazole rings is 1. The highest BCUT2D eigenvalue weighted by Crippen LogP contribution is 2.30. The topological polar surface area (TPSA) is 85.8 Å². The maximum Gasteiger partial charge on any atom is 0.416 e. The molecule has 0 radical (unpaired) electrons. The quantitative estimate of drug-likeness (QED) is 0.505. The molecule has 0 saturated carbocycles. The lowest BCUT2D eigenvalue weighted by molar-refractivity contribution is -0.137. The molecule has 2 aromatic carbocycles. The van der Waals surface area contributed by atoms with Crippen LogP contribution in [0.5, 0.6) is 0 Å². The smallest absolute Gasteiger partial charge is 0.416 e. The van der Waals surface area contributed by atoms with Gasteiger partial charge in [-0.25, -0.2) is 9.37 Å². The lowest BCUT2D eigenvalue weighted by atomic mass is 10.1. The van der Waals surface area contributed by atoms with E-state index in [0.717, 1.165) is 6.07 Å². The molecule has 11 heteroatoms. The van der Waals surface area contributed by atoms with Crippen LogP contribution in [0, 0.1) is 5.82 Å². The van der Waals surface area contributed by atoms with Crippen LogP contribution in [0.1, 0.15) is 34.7 Å². The summed E-state index contributed by atoms with van der Waals surface area (Å²) in [4.78, 5) is 20.8. The summed E-state index contributed by atoms with van der Waals surface area (Å²) in [7, 11) is 0. The SMILES string of the molecule is C[C@H](NC(=O)c1cc(F)cc(C(F)(F)F)c1)c1ncnn1-c1nc2ccccc2o1. The second-order valence-electron chi connectivity index (χ2n) is 6.42. The van der Waals surface area contributed by atoms with E-state index < -0.39 is 35.1 Å². The number of hydrogen-bond acceptors (Lipinski definition) is 5. The number of hydrogen-bond donors (Lipinski definition) is 1. The first-order valence-corrected chi connectivity index (χ1v) is 8.67. The minimum absolute atomic E-state index is 0.106. The molecule has 0 unspecified atom stereocenters. The minimum Gasteiger partial charge on any atom is -0.422 e. The summed E-state index contributed by atoms with van der Waals surface area (Å²) in [6, 6.07) is 7.96. The fourth-order valence-electron chi connectivity index (χ4n) is 2.87. The molecule has 0 spiro atoms. The number of benzene rings is 2. The highest BCUT2D eigenvalue weighted by molar-refractivity contribution is 5.94. The normalized spacial score (nSPS) is 12.8. The molecule has 2 aromatic heterocycles. The molecule has 0 aliphatic rings. The zero-order valence-electron chi connectivity index (χ0n) is 15.3. The van der Waals surface area contributed by atoms with Gasteiger partial charge >= 0.3 is 12.2 Å². The summed E-state index contributed by atoms with van der Waals surface area (Å²) in [6.45, 7) is 1.55. The van der Waals surface area contributed by atoms with Gasteiger partial charge in [0, 0.05) is 5.56 Å². The van der Waals surface area contributed by atoms with Crippen LogP contribution in [0.3, 0.4) is 0 Å². The summed E-state index contributed by atoms with van der Waals surface area (Å²) < 4.78 is 59.1. The van der Waals surface area contributed by atoms with Crippen LogP contribution < -0.4 is 5.32 Å². The number of rotatable bonds is 4. The van der Waals surface area contributed by atoms with Crippen LogP contribution in [-0.4, -0.2) is 25.7 Å². The highest BCUT2D eigenvalue weighted by atomic mass is 19.4. The Hall–Kier alpha value is -3.76. The lowest BCUT2D eigenvalue weighted by Gasteiger charge is -2.14. The fraction of sp³-hybridized carbons (Fsp3) is 0.158. The third-order valence-corrected chi connectivity index (χ3v) is 4.26. The number of amides is 1. The first-order chi connectivity index (χ1) is 14.2. The summed E-state index contributed by atoms with van der Waals surface area (Å²) >= 11 is 0. The number of nitrogens with one attached hydrogen (secondary N) is 1. The Kier molecular flexibility index (Phi) is 4.72. The molecule has 0 aliphatic carbocycles. The van der Waals surface area contributed by atoms with Gasteiger partial charge in [0.05, 0.1) is 11.6 Å². The molecule has 0 saturated heterocycles. The predicted molar refractivity (Wildman–Crippen MR) is 96.2 cm³/mol. The van der Waals surface area contributed by atoms with Gasteiger partial charge in [-0.3, -0.25) is 4.79 Å². The minimum atomic E-state index is -4.78. The summed E-state index contributed by atoms with van der Waals surface area (Å²) in [5.41, 5.74) is -0.618. The van der Waals surface area contributed by atoms with E-state index in [0.29, 0.717) is 23.2 Å². The number of fused-ring (bicyclic) bond motifs is 1. The number of alkyl halides is 3. The summed E-state index contributed by atoms with van der Waals surface area (Å²) in [5, 5.41) is 6.52. The van der Waals surface area contributed by atoms with Gasteiger partial charge in [0.1, 0.15) is 17.7 Å². The maximum absolute atomic E-state index is 13.6. The van der Waals surface area contributed by atoms with E-state index in [2.05, 4.69) is 20.4 Å². The average molecular weight is 419 g/mol. The second kappa shape index (κ2) is 7.25. The third-order valence-electron chi connectivity index (χ3n) is 4.26. The molecular formula is C19H13F4N5O2. The van der Waals surface area contributed by atoms with Crippen molar-refractivity contribution in [3.8, 4) is 6.01 Å². The largest absolute Gasteiger partial charge is 0.422 e. The molecule has 1 N–H and O–H groups in total. The van der Waals surface area contributed by atoms with Crippen LogP contribution in [0.4, 0.5) is 17.6 Å². The Morgan fingerprint density at radius 2 is 1.97 bits per heavy atom. The molecule has 1 atom stereocenters. The van der Waals surface area contributed by atoms with Gasteiger partial charge < -0.3 is 9.73 Å². The Balaban J connectivity index is 1.60. The van der Waals surface area contributed by atoms with Gasteiger partial charge in [-0.15, -0.1) is 0 Å². The van der Waals surface area contributed by atoms with Crippen molar-refractivity contribution >= 4 is 17.0 Å². The van der Waals surface area contributed by atoms with Gasteiger partial charge in [-0.1, -0.05) is 12.1 Å². The van der Waals surface area contributed by atoms with Gasteiger partial charge in [0.15, 0.2) is 11.4 Å². The molecule has 0 aliphatic heterocycles. The molecule has 30 heavy (non-hydrogen) atoms. The third kappa shape index (κ3) is 3.73. The fourth-order valence-corrected chi connectivity index (χ4v) is 2.87. The van der Waals surface area contributed by atoms with E-state index >= 15 is 0 Å².